The maximum absolute atomic E-state index is 11.7. The molecule has 0 unspecified atom stereocenters. The minimum absolute atomic E-state index is 0.0843. The fourth-order valence-electron chi connectivity index (χ4n) is 2.89. The Bertz CT molecular complexity index is 304. The van der Waals surface area contributed by atoms with Crippen LogP contribution in [-0.2, 0) is 9.59 Å². The Kier molecular flexibility index (Phi) is 3.69. The van der Waals surface area contributed by atoms with Crippen LogP contribution in [0.1, 0.15) is 57.8 Å². The van der Waals surface area contributed by atoms with Gasteiger partial charge in [-0.15, -0.1) is 0 Å². The molecule has 96 valence electrons. The first kappa shape index (κ1) is 12.4. The fourth-order valence-corrected chi connectivity index (χ4v) is 2.89. The van der Waals surface area contributed by atoms with E-state index in [0.717, 1.165) is 12.8 Å². The zero-order chi connectivity index (χ0) is 12.3. The molecule has 0 saturated heterocycles. The summed E-state index contributed by atoms with van der Waals surface area (Å²) < 4.78 is 0. The molecule has 0 atom stereocenters. The maximum Gasteiger partial charge on any atom is 0.329 e. The van der Waals surface area contributed by atoms with Crippen molar-refractivity contribution in [1.82, 2.24) is 5.32 Å². The number of carboxylic acid groups (broad SMARTS) is 1. The van der Waals surface area contributed by atoms with Crippen molar-refractivity contribution in [2.45, 2.75) is 63.3 Å². The smallest absolute Gasteiger partial charge is 0.329 e. The highest BCUT2D eigenvalue weighted by Crippen LogP contribution is 2.33. The van der Waals surface area contributed by atoms with E-state index in [1.807, 2.05) is 0 Å². The number of hydrogen-bond acceptors (Lipinski definition) is 2. The summed E-state index contributed by atoms with van der Waals surface area (Å²) >= 11 is 0. The van der Waals surface area contributed by atoms with Gasteiger partial charge in [0.05, 0.1) is 0 Å². The normalized spacial score (nSPS) is 23.1. The maximum atomic E-state index is 11.7. The summed E-state index contributed by atoms with van der Waals surface area (Å²) in [6.07, 6.45) is 8.50. The second-order valence-corrected chi connectivity index (χ2v) is 5.48. The highest BCUT2D eigenvalue weighted by molar-refractivity contribution is 5.87. The highest BCUT2D eigenvalue weighted by Gasteiger charge is 2.45. The minimum atomic E-state index is -0.938. The predicted molar refractivity (Wildman–Crippen MR) is 63.6 cm³/mol. The molecule has 0 spiro atoms. The van der Waals surface area contributed by atoms with Gasteiger partial charge in [0.1, 0.15) is 5.54 Å². The minimum Gasteiger partial charge on any atom is -0.480 e. The van der Waals surface area contributed by atoms with E-state index < -0.39 is 11.5 Å². The van der Waals surface area contributed by atoms with Gasteiger partial charge in [0, 0.05) is 6.42 Å². The predicted octanol–water partition coefficient (Wildman–Crippen LogP) is 2.08. The molecule has 1 amide bonds. The van der Waals surface area contributed by atoms with Crippen molar-refractivity contribution in [3.63, 3.8) is 0 Å². The molecule has 4 nitrogen and oxygen atoms in total. The summed E-state index contributed by atoms with van der Waals surface area (Å²) in [6.45, 7) is 0. The number of hydrogen-bond donors (Lipinski definition) is 2. The lowest BCUT2D eigenvalue weighted by Crippen LogP contribution is -2.59. The molecule has 2 aliphatic rings. The lowest BCUT2D eigenvalue weighted by atomic mass is 9.76. The average Bonchev–Trinajstić information content (AvgIpc) is 2.72. The van der Waals surface area contributed by atoms with Crippen molar-refractivity contribution in [3.8, 4) is 0 Å². The second-order valence-electron chi connectivity index (χ2n) is 5.48. The van der Waals surface area contributed by atoms with Gasteiger partial charge in [-0.3, -0.25) is 4.79 Å². The molecule has 17 heavy (non-hydrogen) atoms. The Morgan fingerprint density at radius 3 is 2.29 bits per heavy atom. The lowest BCUT2D eigenvalue weighted by molar-refractivity contribution is -0.151. The van der Waals surface area contributed by atoms with Gasteiger partial charge >= 0.3 is 5.97 Å². The largest absolute Gasteiger partial charge is 0.480 e. The van der Waals surface area contributed by atoms with Gasteiger partial charge < -0.3 is 10.4 Å². The van der Waals surface area contributed by atoms with Crippen LogP contribution in [0.3, 0.4) is 0 Å². The third-order valence-electron chi connectivity index (χ3n) is 4.25. The van der Waals surface area contributed by atoms with Gasteiger partial charge in [-0.2, -0.15) is 0 Å². The Morgan fingerprint density at radius 1 is 1.18 bits per heavy atom. The van der Waals surface area contributed by atoms with Crippen LogP contribution in [-0.4, -0.2) is 22.5 Å². The van der Waals surface area contributed by atoms with Gasteiger partial charge in [-0.1, -0.05) is 25.7 Å². The molecule has 0 aromatic carbocycles. The van der Waals surface area contributed by atoms with Gasteiger partial charge in [0.2, 0.25) is 5.91 Å². The monoisotopic (exact) mass is 239 g/mol. The Morgan fingerprint density at radius 2 is 1.82 bits per heavy atom. The first-order valence-corrected chi connectivity index (χ1v) is 6.67. The number of carbonyl (C=O) groups excluding carboxylic acids is 1. The summed E-state index contributed by atoms with van der Waals surface area (Å²) in [6, 6.07) is 0. The van der Waals surface area contributed by atoms with Crippen molar-refractivity contribution in [3.05, 3.63) is 0 Å². The number of amides is 1. The van der Waals surface area contributed by atoms with Crippen molar-refractivity contribution < 1.29 is 14.7 Å². The van der Waals surface area contributed by atoms with Crippen LogP contribution in [0.15, 0.2) is 0 Å². The molecule has 2 aliphatic carbocycles. The fraction of sp³-hybridized carbons (Fsp3) is 0.846. The van der Waals surface area contributed by atoms with Crippen LogP contribution in [0.2, 0.25) is 0 Å². The molecule has 0 bridgehead atoms. The van der Waals surface area contributed by atoms with Crippen LogP contribution in [0.25, 0.3) is 0 Å². The summed E-state index contributed by atoms with van der Waals surface area (Å²) in [5.74, 6) is -0.278. The lowest BCUT2D eigenvalue weighted by Gasteiger charge is -2.38. The van der Waals surface area contributed by atoms with E-state index in [4.69, 9.17) is 5.11 Å². The number of aliphatic carboxylic acids is 1. The number of carbonyl (C=O) groups is 2. The average molecular weight is 239 g/mol. The van der Waals surface area contributed by atoms with E-state index in [-0.39, 0.29) is 5.91 Å². The summed E-state index contributed by atoms with van der Waals surface area (Å²) in [7, 11) is 0. The molecule has 2 fully saturated rings. The van der Waals surface area contributed by atoms with Crippen LogP contribution in [0, 0.1) is 5.92 Å². The topological polar surface area (TPSA) is 66.4 Å². The molecular formula is C13H21NO3. The number of rotatable bonds is 5. The summed E-state index contributed by atoms with van der Waals surface area (Å²) in [5.41, 5.74) is -0.938. The summed E-state index contributed by atoms with van der Waals surface area (Å²) in [4.78, 5) is 22.8. The van der Waals surface area contributed by atoms with E-state index in [9.17, 15) is 9.59 Å². The zero-order valence-corrected chi connectivity index (χ0v) is 10.2. The molecule has 0 radical (unpaired) electrons. The molecular weight excluding hydrogens is 218 g/mol. The van der Waals surface area contributed by atoms with Crippen LogP contribution in [0.5, 0.6) is 0 Å². The van der Waals surface area contributed by atoms with Gasteiger partial charge in [-0.05, 0) is 31.6 Å². The van der Waals surface area contributed by atoms with Crippen molar-refractivity contribution in [1.29, 1.82) is 0 Å². The third-order valence-corrected chi connectivity index (χ3v) is 4.25. The SMILES string of the molecule is O=C(CCC1CCCC1)NC1(C(=O)O)CCC1. The van der Waals surface area contributed by atoms with Crippen LogP contribution in [0.4, 0.5) is 0 Å². The molecule has 0 aromatic rings. The molecule has 0 aromatic heterocycles. The number of carboxylic acids is 1. The first-order chi connectivity index (χ1) is 8.12. The van der Waals surface area contributed by atoms with E-state index >= 15 is 0 Å². The molecule has 2 saturated carbocycles. The number of nitrogens with one attached hydrogen (secondary N) is 1. The molecule has 2 N–H and O–H groups in total. The van der Waals surface area contributed by atoms with Crippen molar-refractivity contribution in [2.24, 2.45) is 5.92 Å². The molecule has 2 rings (SSSR count). The van der Waals surface area contributed by atoms with Crippen LogP contribution < -0.4 is 5.32 Å². The van der Waals surface area contributed by atoms with Crippen molar-refractivity contribution in [2.75, 3.05) is 0 Å². The van der Waals surface area contributed by atoms with E-state index in [1.54, 1.807) is 0 Å². The van der Waals surface area contributed by atoms with Crippen LogP contribution >= 0.6 is 0 Å². The van der Waals surface area contributed by atoms with E-state index in [1.165, 1.54) is 25.7 Å². The van der Waals surface area contributed by atoms with Gasteiger partial charge in [0.15, 0.2) is 0 Å². The quantitative estimate of drug-likeness (QED) is 0.772. The zero-order valence-electron chi connectivity index (χ0n) is 10.2. The molecule has 0 aliphatic heterocycles. The third kappa shape index (κ3) is 2.79. The molecule has 0 heterocycles. The summed E-state index contributed by atoms with van der Waals surface area (Å²) in [5, 5.41) is 11.8. The molecule has 4 heteroatoms. The van der Waals surface area contributed by atoms with Crippen molar-refractivity contribution >= 4 is 11.9 Å². The van der Waals surface area contributed by atoms with E-state index in [0.29, 0.717) is 25.2 Å². The van der Waals surface area contributed by atoms with E-state index in [2.05, 4.69) is 5.32 Å². The Labute approximate surface area is 102 Å². The Hall–Kier alpha value is -1.06. The highest BCUT2D eigenvalue weighted by atomic mass is 16.4. The second kappa shape index (κ2) is 5.07. The van der Waals surface area contributed by atoms with Gasteiger partial charge in [0.25, 0.3) is 0 Å². The first-order valence-electron chi connectivity index (χ1n) is 6.67. The van der Waals surface area contributed by atoms with Gasteiger partial charge in [-0.25, -0.2) is 4.79 Å². The Balaban J connectivity index is 1.74. The standard InChI is InChI=1S/C13H21NO3/c15-11(7-6-10-4-1-2-5-10)14-13(12(16)17)8-3-9-13/h10H,1-9H2,(H,14,15)(H,16,17).